The van der Waals surface area contributed by atoms with E-state index in [0.717, 1.165) is 38.5 Å². The van der Waals surface area contributed by atoms with Crippen molar-refractivity contribution in [2.45, 2.75) is 19.5 Å². The maximum Gasteiger partial charge on any atom is 0.118 e. The van der Waals surface area contributed by atoms with Crippen molar-refractivity contribution in [3.05, 3.63) is 29.8 Å². The highest BCUT2D eigenvalue weighted by atomic mass is 32.1. The Morgan fingerprint density at radius 3 is 2.35 bits per heavy atom. The second-order valence-electron chi connectivity index (χ2n) is 5.24. The van der Waals surface area contributed by atoms with E-state index in [1.54, 1.807) is 7.11 Å². The Morgan fingerprint density at radius 1 is 1.25 bits per heavy atom. The van der Waals surface area contributed by atoms with E-state index in [0.29, 0.717) is 4.99 Å². The first-order chi connectivity index (χ1) is 9.60. The molecule has 0 radical (unpaired) electrons. The highest BCUT2D eigenvalue weighted by Gasteiger charge is 2.22. The summed E-state index contributed by atoms with van der Waals surface area (Å²) in [6.07, 6.45) is 0. The normalized spacial score (nSPS) is 18.7. The topological polar surface area (TPSA) is 41.7 Å². The first-order valence-corrected chi connectivity index (χ1v) is 7.39. The Labute approximate surface area is 126 Å². The van der Waals surface area contributed by atoms with Gasteiger partial charge in [-0.3, -0.25) is 9.80 Å². The molecule has 1 aliphatic rings. The number of thiocarbonyl (C=S) groups is 1. The zero-order chi connectivity index (χ0) is 14.5. The average molecular weight is 293 g/mol. The smallest absolute Gasteiger partial charge is 0.118 e. The van der Waals surface area contributed by atoms with E-state index in [9.17, 15) is 0 Å². The van der Waals surface area contributed by atoms with Crippen LogP contribution in [0.1, 0.15) is 12.5 Å². The summed E-state index contributed by atoms with van der Waals surface area (Å²) in [5.74, 6) is 0.906. The van der Waals surface area contributed by atoms with Gasteiger partial charge in [0.25, 0.3) is 0 Å². The Morgan fingerprint density at radius 2 is 1.85 bits per heavy atom. The van der Waals surface area contributed by atoms with Crippen LogP contribution in [0.4, 0.5) is 0 Å². The van der Waals surface area contributed by atoms with Gasteiger partial charge in [-0.2, -0.15) is 0 Å². The Bertz CT molecular complexity index is 441. The molecule has 1 aliphatic heterocycles. The van der Waals surface area contributed by atoms with E-state index in [2.05, 4.69) is 28.9 Å². The van der Waals surface area contributed by atoms with Gasteiger partial charge < -0.3 is 10.5 Å². The fraction of sp³-hybridized carbons (Fsp3) is 0.533. The molecule has 1 fully saturated rings. The van der Waals surface area contributed by atoms with Gasteiger partial charge >= 0.3 is 0 Å². The molecule has 1 heterocycles. The minimum absolute atomic E-state index is 0.202. The highest BCUT2D eigenvalue weighted by Crippen LogP contribution is 2.14. The zero-order valence-electron chi connectivity index (χ0n) is 12.2. The molecular weight excluding hydrogens is 270 g/mol. The summed E-state index contributed by atoms with van der Waals surface area (Å²) in [5, 5.41) is 0. The van der Waals surface area contributed by atoms with E-state index in [4.69, 9.17) is 22.7 Å². The lowest BCUT2D eigenvalue weighted by Gasteiger charge is -2.37. The second kappa shape index (κ2) is 7.02. The number of ether oxygens (including phenoxy) is 1. The van der Waals surface area contributed by atoms with Crippen LogP contribution in [0, 0.1) is 0 Å². The Kier molecular flexibility index (Phi) is 5.34. The third-order valence-electron chi connectivity index (χ3n) is 3.93. The molecule has 1 aromatic rings. The van der Waals surface area contributed by atoms with Gasteiger partial charge in [0.2, 0.25) is 0 Å². The first kappa shape index (κ1) is 15.2. The largest absolute Gasteiger partial charge is 0.497 e. The highest BCUT2D eigenvalue weighted by molar-refractivity contribution is 7.80. The SMILES string of the molecule is COc1ccc(CN2CCN(C(C)C(N)=S)CC2)cc1. The van der Waals surface area contributed by atoms with Gasteiger partial charge in [-0.05, 0) is 24.6 Å². The van der Waals surface area contributed by atoms with Crippen molar-refractivity contribution in [2.75, 3.05) is 33.3 Å². The number of hydrogen-bond donors (Lipinski definition) is 1. The number of hydrogen-bond acceptors (Lipinski definition) is 4. The number of piperazine rings is 1. The predicted molar refractivity (Wildman–Crippen MR) is 86.1 cm³/mol. The van der Waals surface area contributed by atoms with Crippen molar-refractivity contribution in [1.29, 1.82) is 0 Å². The quantitative estimate of drug-likeness (QED) is 0.833. The Balaban J connectivity index is 1.83. The van der Waals surface area contributed by atoms with Gasteiger partial charge in [-0.1, -0.05) is 24.4 Å². The number of nitrogens with zero attached hydrogens (tertiary/aromatic N) is 2. The van der Waals surface area contributed by atoms with Crippen LogP contribution in [-0.2, 0) is 6.54 Å². The van der Waals surface area contributed by atoms with Crippen LogP contribution in [0.15, 0.2) is 24.3 Å². The van der Waals surface area contributed by atoms with Crippen LogP contribution >= 0.6 is 12.2 Å². The maximum atomic E-state index is 5.72. The minimum atomic E-state index is 0.202. The summed E-state index contributed by atoms with van der Waals surface area (Å²) in [5.41, 5.74) is 7.04. The minimum Gasteiger partial charge on any atom is -0.497 e. The summed E-state index contributed by atoms with van der Waals surface area (Å²) in [4.78, 5) is 5.41. The molecule has 0 bridgehead atoms. The summed E-state index contributed by atoms with van der Waals surface area (Å²) in [7, 11) is 1.69. The van der Waals surface area contributed by atoms with Crippen LogP contribution in [0.2, 0.25) is 0 Å². The molecule has 1 aromatic carbocycles. The van der Waals surface area contributed by atoms with E-state index in [1.807, 2.05) is 12.1 Å². The third-order valence-corrected chi connectivity index (χ3v) is 4.27. The van der Waals surface area contributed by atoms with Crippen LogP contribution in [-0.4, -0.2) is 54.1 Å². The molecule has 20 heavy (non-hydrogen) atoms. The molecule has 0 amide bonds. The van der Waals surface area contributed by atoms with E-state index >= 15 is 0 Å². The number of methoxy groups -OCH3 is 1. The molecular formula is C15H23N3OS. The molecule has 1 unspecified atom stereocenters. The molecule has 0 aliphatic carbocycles. The van der Waals surface area contributed by atoms with Crippen molar-refractivity contribution < 1.29 is 4.74 Å². The summed E-state index contributed by atoms with van der Waals surface area (Å²) < 4.78 is 5.18. The fourth-order valence-electron chi connectivity index (χ4n) is 2.48. The summed E-state index contributed by atoms with van der Waals surface area (Å²) in [6.45, 7) is 7.22. The monoisotopic (exact) mass is 293 g/mol. The Hall–Kier alpha value is -1.17. The lowest BCUT2D eigenvalue weighted by atomic mass is 10.1. The molecule has 2 N–H and O–H groups in total. The van der Waals surface area contributed by atoms with Crippen LogP contribution in [0.3, 0.4) is 0 Å². The first-order valence-electron chi connectivity index (χ1n) is 6.99. The van der Waals surface area contributed by atoms with Crippen LogP contribution in [0.25, 0.3) is 0 Å². The van der Waals surface area contributed by atoms with Crippen molar-refractivity contribution in [3.63, 3.8) is 0 Å². The maximum absolute atomic E-state index is 5.72. The van der Waals surface area contributed by atoms with E-state index in [-0.39, 0.29) is 6.04 Å². The van der Waals surface area contributed by atoms with Crippen LogP contribution < -0.4 is 10.5 Å². The molecule has 1 saturated heterocycles. The molecule has 0 spiro atoms. The number of rotatable bonds is 5. The summed E-state index contributed by atoms with van der Waals surface area (Å²) in [6, 6.07) is 8.49. The molecule has 0 saturated carbocycles. The van der Waals surface area contributed by atoms with Gasteiger partial charge in [0.1, 0.15) is 5.75 Å². The van der Waals surface area contributed by atoms with Gasteiger partial charge in [0.15, 0.2) is 0 Å². The fourth-order valence-corrected chi connectivity index (χ4v) is 2.63. The lowest BCUT2D eigenvalue weighted by Crippen LogP contribution is -2.52. The van der Waals surface area contributed by atoms with Crippen molar-refractivity contribution in [1.82, 2.24) is 9.80 Å². The molecule has 110 valence electrons. The van der Waals surface area contributed by atoms with Gasteiger partial charge in [-0.25, -0.2) is 0 Å². The predicted octanol–water partition coefficient (Wildman–Crippen LogP) is 1.49. The van der Waals surface area contributed by atoms with E-state index < -0.39 is 0 Å². The van der Waals surface area contributed by atoms with Crippen LogP contribution in [0.5, 0.6) is 5.75 Å². The molecule has 0 aromatic heterocycles. The molecule has 2 rings (SSSR count). The van der Waals surface area contributed by atoms with E-state index in [1.165, 1.54) is 5.56 Å². The average Bonchev–Trinajstić information content (AvgIpc) is 2.48. The molecule has 4 nitrogen and oxygen atoms in total. The standard InChI is InChI=1S/C15H23N3OS/c1-12(15(16)20)18-9-7-17(8-10-18)11-13-3-5-14(19-2)6-4-13/h3-6,12H,7-11H2,1-2H3,(H2,16,20). The molecule has 5 heteroatoms. The third kappa shape index (κ3) is 3.91. The molecule has 1 atom stereocenters. The van der Waals surface area contributed by atoms with Gasteiger partial charge in [-0.15, -0.1) is 0 Å². The zero-order valence-corrected chi connectivity index (χ0v) is 13.0. The van der Waals surface area contributed by atoms with Crippen molar-refractivity contribution in [3.8, 4) is 5.75 Å². The number of nitrogens with two attached hydrogens (primary N) is 1. The van der Waals surface area contributed by atoms with Gasteiger partial charge in [0.05, 0.1) is 18.1 Å². The van der Waals surface area contributed by atoms with Gasteiger partial charge in [0, 0.05) is 32.7 Å². The van der Waals surface area contributed by atoms with Crippen molar-refractivity contribution >= 4 is 17.2 Å². The number of benzene rings is 1. The van der Waals surface area contributed by atoms with Crippen molar-refractivity contribution in [2.24, 2.45) is 5.73 Å². The summed E-state index contributed by atoms with van der Waals surface area (Å²) >= 11 is 5.07. The lowest BCUT2D eigenvalue weighted by molar-refractivity contribution is 0.118. The second-order valence-corrected chi connectivity index (χ2v) is 5.71.